The smallest absolute Gasteiger partial charge is 0.387 e. The van der Waals surface area contributed by atoms with Crippen molar-refractivity contribution >= 4 is 68.6 Å². The number of piperazine rings is 1. The van der Waals surface area contributed by atoms with E-state index in [-0.39, 0.29) is 34.5 Å². The van der Waals surface area contributed by atoms with Crippen molar-refractivity contribution in [2.45, 2.75) is 13.2 Å². The predicted molar refractivity (Wildman–Crippen MR) is 191 cm³/mol. The average Bonchev–Trinajstić information content (AvgIpc) is 3.41. The Morgan fingerprint density at radius 1 is 0.898 bits per heavy atom. The number of nitrogens with zero attached hydrogens (tertiary/aromatic N) is 5. The quantitative estimate of drug-likeness (QED) is 0.151. The van der Waals surface area contributed by atoms with E-state index in [0.29, 0.717) is 71.3 Å². The molecule has 1 aliphatic heterocycles. The van der Waals surface area contributed by atoms with Gasteiger partial charge in [0, 0.05) is 69.9 Å². The summed E-state index contributed by atoms with van der Waals surface area (Å²) in [5, 5.41) is 1.57. The van der Waals surface area contributed by atoms with E-state index in [1.54, 1.807) is 49.6 Å². The summed E-state index contributed by atoms with van der Waals surface area (Å²) in [7, 11) is 3.49. The number of anilines is 1. The molecule has 3 aromatic carbocycles. The number of carbonyl (C=O) groups is 2. The number of aryl methyl sites for hydroxylation is 1. The van der Waals surface area contributed by atoms with Gasteiger partial charge in [0.2, 0.25) is 5.88 Å². The topological polar surface area (TPSA) is 80.1 Å². The molecule has 6 rings (SSSR count). The molecule has 1 aliphatic rings. The number of ether oxygens (including phenoxy) is 2. The zero-order chi connectivity index (χ0) is 33.9. The lowest BCUT2D eigenvalue weighted by Gasteiger charge is -2.34. The second kappa shape index (κ2) is 15.5. The summed E-state index contributed by atoms with van der Waals surface area (Å²) in [6, 6.07) is 22.2. The van der Waals surface area contributed by atoms with Crippen LogP contribution in [-0.4, -0.2) is 71.0 Å². The first kappa shape index (κ1) is 36.1. The Balaban J connectivity index is 0.00000468. The molecule has 2 amide bonds. The number of alkyl halides is 2. The highest BCUT2D eigenvalue weighted by molar-refractivity contribution is 8.93. The SMILES string of the molecule is Br.CN(C(=O)c1ccc(Cl)c(Cl)c1)c1ccc(Oc2ccc3cc(C(=O)N4CCN(Cc5ccc(OC(F)F)cc5)CC4)n(C)c3c2)nc1. The first-order valence-electron chi connectivity index (χ1n) is 15.1. The predicted octanol–water partition coefficient (Wildman–Crippen LogP) is 8.09. The molecule has 5 aromatic rings. The summed E-state index contributed by atoms with van der Waals surface area (Å²) >= 11 is 12.0. The molecule has 14 heteroatoms. The van der Waals surface area contributed by atoms with E-state index in [2.05, 4.69) is 14.6 Å². The van der Waals surface area contributed by atoms with Gasteiger partial charge in [-0.3, -0.25) is 14.5 Å². The number of rotatable bonds is 9. The number of carbonyl (C=O) groups excluding carboxylic acids is 2. The van der Waals surface area contributed by atoms with E-state index in [1.807, 2.05) is 40.8 Å². The van der Waals surface area contributed by atoms with Crippen LogP contribution in [0.25, 0.3) is 10.9 Å². The first-order valence-corrected chi connectivity index (χ1v) is 15.8. The lowest BCUT2D eigenvalue weighted by atomic mass is 10.2. The molecule has 49 heavy (non-hydrogen) atoms. The Hall–Kier alpha value is -4.23. The summed E-state index contributed by atoms with van der Waals surface area (Å²) in [6.45, 7) is 0.311. The number of hydrogen-bond donors (Lipinski definition) is 0. The van der Waals surface area contributed by atoms with Crippen molar-refractivity contribution in [3.63, 3.8) is 0 Å². The number of aromatic nitrogens is 2. The van der Waals surface area contributed by atoms with E-state index in [4.69, 9.17) is 27.9 Å². The second-order valence-electron chi connectivity index (χ2n) is 11.3. The monoisotopic (exact) mass is 773 g/mol. The Labute approximate surface area is 302 Å². The van der Waals surface area contributed by atoms with Crippen molar-refractivity contribution < 1.29 is 27.8 Å². The van der Waals surface area contributed by atoms with Crippen molar-refractivity contribution in [1.29, 1.82) is 0 Å². The van der Waals surface area contributed by atoms with Crippen molar-refractivity contribution in [3.05, 3.63) is 112 Å². The first-order chi connectivity index (χ1) is 23.0. The molecule has 1 saturated heterocycles. The highest BCUT2D eigenvalue weighted by atomic mass is 79.9. The lowest BCUT2D eigenvalue weighted by Crippen LogP contribution is -2.48. The molecule has 2 aromatic heterocycles. The maximum atomic E-state index is 13.5. The number of halogens is 5. The zero-order valence-electron chi connectivity index (χ0n) is 26.5. The van der Waals surface area contributed by atoms with Crippen LogP contribution in [0.3, 0.4) is 0 Å². The Morgan fingerprint density at radius 2 is 1.61 bits per heavy atom. The Kier molecular flexibility index (Phi) is 11.4. The van der Waals surface area contributed by atoms with Gasteiger partial charge in [0.05, 0.1) is 27.4 Å². The molecule has 0 unspecified atom stereocenters. The highest BCUT2D eigenvalue weighted by Gasteiger charge is 2.25. The molecule has 0 N–H and O–H groups in total. The summed E-state index contributed by atoms with van der Waals surface area (Å²) in [5.41, 5.74) is 3.35. The summed E-state index contributed by atoms with van der Waals surface area (Å²) in [5.74, 6) is 0.697. The molecule has 1 fully saturated rings. The Bertz CT molecular complexity index is 1950. The van der Waals surface area contributed by atoms with Gasteiger partial charge in [0.1, 0.15) is 17.2 Å². The third-order valence-electron chi connectivity index (χ3n) is 8.25. The molecule has 0 spiro atoms. The van der Waals surface area contributed by atoms with Gasteiger partial charge in [-0.2, -0.15) is 8.78 Å². The molecular weight excluding hydrogens is 743 g/mol. The number of fused-ring (bicyclic) bond motifs is 1. The molecule has 0 bridgehead atoms. The lowest BCUT2D eigenvalue weighted by molar-refractivity contribution is -0.0498. The van der Waals surface area contributed by atoms with Crippen molar-refractivity contribution in [2.75, 3.05) is 38.1 Å². The largest absolute Gasteiger partial charge is 0.439 e. The van der Waals surface area contributed by atoms with E-state index in [1.165, 1.54) is 23.1 Å². The van der Waals surface area contributed by atoms with Crippen LogP contribution in [0.4, 0.5) is 14.5 Å². The minimum Gasteiger partial charge on any atom is -0.439 e. The minimum absolute atomic E-state index is 0. The normalized spacial score (nSPS) is 13.3. The molecule has 0 aliphatic carbocycles. The molecule has 9 nitrogen and oxygen atoms in total. The van der Waals surface area contributed by atoms with E-state index < -0.39 is 6.61 Å². The van der Waals surface area contributed by atoms with E-state index >= 15 is 0 Å². The zero-order valence-corrected chi connectivity index (χ0v) is 29.7. The van der Waals surface area contributed by atoms with Gasteiger partial charge in [0.15, 0.2) is 0 Å². The minimum atomic E-state index is -2.85. The summed E-state index contributed by atoms with van der Waals surface area (Å²) < 4.78 is 37.1. The van der Waals surface area contributed by atoms with Crippen molar-refractivity contribution in [2.24, 2.45) is 7.05 Å². The number of amides is 2. The van der Waals surface area contributed by atoms with Crippen LogP contribution in [0.5, 0.6) is 17.4 Å². The maximum absolute atomic E-state index is 13.5. The number of hydrogen-bond acceptors (Lipinski definition) is 6. The standard InChI is InChI=1S/C35H31Cl2F2N5O4.BrH/c1-41(33(45)24-6-11-28(36)29(37)17-24)25-7-12-32(40-20-25)47-27-10-5-23-18-31(42(2)30(23)19-27)34(46)44-15-13-43(14-16-44)21-22-3-8-26(9-4-22)48-35(38)39;/h3-12,17-20,35H,13-16,21H2,1-2H3;1H. The van der Waals surface area contributed by atoms with E-state index in [0.717, 1.165) is 16.5 Å². The van der Waals surface area contributed by atoms with Crippen LogP contribution in [0.1, 0.15) is 26.4 Å². The molecule has 3 heterocycles. The molecule has 256 valence electrons. The summed E-state index contributed by atoms with van der Waals surface area (Å²) in [4.78, 5) is 36.4. The Morgan fingerprint density at radius 3 is 2.27 bits per heavy atom. The van der Waals surface area contributed by atoms with Gasteiger partial charge in [-0.1, -0.05) is 35.3 Å². The fraction of sp³-hybridized carbons (Fsp3) is 0.229. The second-order valence-corrected chi connectivity index (χ2v) is 12.2. The van der Waals surface area contributed by atoms with Gasteiger partial charge in [-0.05, 0) is 60.2 Å². The highest BCUT2D eigenvalue weighted by Crippen LogP contribution is 2.29. The van der Waals surface area contributed by atoms with E-state index in [9.17, 15) is 18.4 Å². The molecule has 0 saturated carbocycles. The van der Waals surface area contributed by atoms with Gasteiger partial charge < -0.3 is 23.8 Å². The molecular formula is C35H32BrCl2F2N5O4. The van der Waals surface area contributed by atoms with Gasteiger partial charge in [0.25, 0.3) is 11.8 Å². The third kappa shape index (κ3) is 8.33. The van der Waals surface area contributed by atoms with Gasteiger partial charge in [-0.15, -0.1) is 17.0 Å². The van der Waals surface area contributed by atoms with Crippen LogP contribution in [0, 0.1) is 0 Å². The fourth-order valence-corrected chi connectivity index (χ4v) is 5.87. The van der Waals surface area contributed by atoms with Crippen LogP contribution in [0.2, 0.25) is 10.0 Å². The van der Waals surface area contributed by atoms with Crippen LogP contribution >= 0.6 is 40.2 Å². The van der Waals surface area contributed by atoms with Crippen LogP contribution in [0.15, 0.2) is 85.1 Å². The maximum Gasteiger partial charge on any atom is 0.387 e. The fourth-order valence-electron chi connectivity index (χ4n) is 5.58. The van der Waals surface area contributed by atoms with Crippen LogP contribution in [-0.2, 0) is 13.6 Å². The molecule has 0 atom stereocenters. The number of benzene rings is 3. The van der Waals surface area contributed by atoms with Crippen molar-refractivity contribution in [1.82, 2.24) is 19.4 Å². The van der Waals surface area contributed by atoms with Gasteiger partial charge in [-0.25, -0.2) is 4.98 Å². The summed E-state index contributed by atoms with van der Waals surface area (Å²) in [6.07, 6.45) is 1.55. The van der Waals surface area contributed by atoms with Gasteiger partial charge >= 0.3 is 6.61 Å². The average molecular weight is 775 g/mol. The number of pyridine rings is 1. The molecule has 0 radical (unpaired) electrons. The van der Waals surface area contributed by atoms with Crippen LogP contribution < -0.4 is 14.4 Å². The van der Waals surface area contributed by atoms with Crippen molar-refractivity contribution in [3.8, 4) is 17.4 Å². The third-order valence-corrected chi connectivity index (χ3v) is 8.99.